The maximum absolute atomic E-state index is 14.0. The van der Waals surface area contributed by atoms with Crippen LogP contribution in [0.2, 0.25) is 0 Å². The zero-order valence-corrected chi connectivity index (χ0v) is 27.6. The van der Waals surface area contributed by atoms with Crippen molar-refractivity contribution in [3.63, 3.8) is 0 Å². The topological polar surface area (TPSA) is 134 Å². The van der Waals surface area contributed by atoms with E-state index in [9.17, 15) is 23.2 Å². The second-order valence-corrected chi connectivity index (χ2v) is 12.5. The average Bonchev–Trinajstić information content (AvgIpc) is 3.09. The molecule has 3 aromatic rings. The SMILES string of the molecule is C=CC(=O)Nc1cc(N(C(=O)C(=O)NCc2cc(F)cc(F)c2)C2CCC(Nc3ccc(C#N)cn3)CC2)ccc1N1CCN(C)[C@@H](C)C1. The van der Waals surface area contributed by atoms with E-state index >= 15 is 0 Å². The second kappa shape index (κ2) is 15.7. The molecular weight excluding hydrogens is 630 g/mol. The van der Waals surface area contributed by atoms with Crippen molar-refractivity contribution >= 4 is 40.6 Å². The molecule has 256 valence electrons. The molecule has 2 heterocycles. The van der Waals surface area contributed by atoms with Gasteiger partial charge in [-0.1, -0.05) is 6.58 Å². The number of hydrogen-bond donors (Lipinski definition) is 3. The van der Waals surface area contributed by atoms with E-state index < -0.39 is 29.4 Å². The lowest BCUT2D eigenvalue weighted by molar-refractivity contribution is -0.138. The van der Waals surface area contributed by atoms with E-state index in [0.29, 0.717) is 48.4 Å². The molecule has 1 aliphatic carbocycles. The Kier molecular flexibility index (Phi) is 11.2. The molecule has 2 fully saturated rings. The molecule has 5 rings (SSSR count). The van der Waals surface area contributed by atoms with Crippen LogP contribution < -0.4 is 25.8 Å². The number of hydrogen-bond acceptors (Lipinski definition) is 8. The highest BCUT2D eigenvalue weighted by atomic mass is 19.1. The number of carbonyl (C=O) groups excluding carboxylic acids is 3. The van der Waals surface area contributed by atoms with Gasteiger partial charge in [-0.25, -0.2) is 13.8 Å². The molecule has 3 amide bonds. The van der Waals surface area contributed by atoms with Crippen molar-refractivity contribution in [2.24, 2.45) is 0 Å². The molecule has 1 aliphatic heterocycles. The molecular formula is C36H40F2N8O3. The zero-order valence-electron chi connectivity index (χ0n) is 27.6. The van der Waals surface area contributed by atoms with Crippen LogP contribution in [-0.4, -0.2) is 72.4 Å². The summed E-state index contributed by atoms with van der Waals surface area (Å²) >= 11 is 0. The summed E-state index contributed by atoms with van der Waals surface area (Å²) < 4.78 is 27.6. The Hall–Kier alpha value is -5.35. The smallest absolute Gasteiger partial charge is 0.316 e. The summed E-state index contributed by atoms with van der Waals surface area (Å²) in [6.45, 7) is 7.75. The molecule has 13 heteroatoms. The molecule has 0 spiro atoms. The van der Waals surface area contributed by atoms with E-state index in [0.717, 1.165) is 43.5 Å². The Morgan fingerprint density at radius 1 is 1.06 bits per heavy atom. The van der Waals surface area contributed by atoms with Crippen LogP contribution in [0.5, 0.6) is 0 Å². The molecule has 0 unspecified atom stereocenters. The highest BCUT2D eigenvalue weighted by Crippen LogP contribution is 2.36. The van der Waals surface area contributed by atoms with Crippen molar-refractivity contribution in [1.82, 2.24) is 15.2 Å². The normalized spacial score (nSPS) is 19.3. The third kappa shape index (κ3) is 8.77. The van der Waals surface area contributed by atoms with Gasteiger partial charge in [-0.2, -0.15) is 5.26 Å². The number of benzene rings is 2. The van der Waals surface area contributed by atoms with Crippen LogP contribution in [0, 0.1) is 23.0 Å². The van der Waals surface area contributed by atoms with Gasteiger partial charge in [0.1, 0.15) is 23.5 Å². The molecule has 0 bridgehead atoms. The average molecular weight is 671 g/mol. The quantitative estimate of drug-likeness (QED) is 0.223. The van der Waals surface area contributed by atoms with Crippen molar-refractivity contribution in [2.75, 3.05) is 47.1 Å². The fourth-order valence-electron chi connectivity index (χ4n) is 6.31. The van der Waals surface area contributed by atoms with Gasteiger partial charge in [0.15, 0.2) is 0 Å². The molecule has 2 aliphatic rings. The number of nitrogens with one attached hydrogen (secondary N) is 3. The van der Waals surface area contributed by atoms with Gasteiger partial charge in [0.05, 0.1) is 16.9 Å². The molecule has 1 saturated carbocycles. The minimum Gasteiger partial charge on any atom is -0.367 e. The van der Waals surface area contributed by atoms with Gasteiger partial charge in [0, 0.05) is 62.3 Å². The van der Waals surface area contributed by atoms with Gasteiger partial charge in [0.2, 0.25) is 5.91 Å². The third-order valence-corrected chi connectivity index (χ3v) is 9.10. The lowest BCUT2D eigenvalue weighted by atomic mass is 9.89. The zero-order chi connectivity index (χ0) is 35.1. The minimum absolute atomic E-state index is 0.0503. The first-order valence-corrected chi connectivity index (χ1v) is 16.3. The minimum atomic E-state index is -0.930. The maximum Gasteiger partial charge on any atom is 0.316 e. The van der Waals surface area contributed by atoms with Crippen LogP contribution >= 0.6 is 0 Å². The lowest BCUT2D eigenvalue weighted by Crippen LogP contribution is -2.50. The number of nitriles is 1. The van der Waals surface area contributed by atoms with Gasteiger partial charge in [-0.05, 0) is 93.8 Å². The monoisotopic (exact) mass is 670 g/mol. The Morgan fingerprint density at radius 3 is 2.43 bits per heavy atom. The van der Waals surface area contributed by atoms with Gasteiger partial charge in [-0.3, -0.25) is 14.4 Å². The standard InChI is InChI=1S/C36H40F2N8O3/c1-4-34(47)43-31-18-30(10-11-32(31)45-14-13-44(3)23(2)22-45)46(36(49)35(48)41-21-25-15-26(37)17-27(38)16-25)29-8-6-28(7-9-29)42-33-12-5-24(19-39)20-40-33/h4-5,10-12,15-18,20,23,28-29H,1,6-9,13-14,21-22H2,2-3H3,(H,40,42)(H,41,48)(H,43,47)/t23-,28?,29?/m0/s1. The fourth-order valence-corrected chi connectivity index (χ4v) is 6.31. The van der Waals surface area contributed by atoms with E-state index in [4.69, 9.17) is 5.26 Å². The van der Waals surface area contributed by atoms with Crippen molar-refractivity contribution in [3.05, 3.63) is 90.1 Å². The first-order valence-electron chi connectivity index (χ1n) is 16.3. The van der Waals surface area contributed by atoms with E-state index in [1.807, 2.05) is 6.07 Å². The van der Waals surface area contributed by atoms with E-state index in [2.05, 4.69) is 57.4 Å². The molecule has 1 saturated heterocycles. The second-order valence-electron chi connectivity index (χ2n) is 12.5. The number of likely N-dealkylation sites (N-methyl/N-ethyl adjacent to an activating group) is 1. The Labute approximate surface area is 284 Å². The number of pyridine rings is 1. The summed E-state index contributed by atoms with van der Waals surface area (Å²) in [5.74, 6) is -3.11. The number of piperazine rings is 1. The summed E-state index contributed by atoms with van der Waals surface area (Å²) in [4.78, 5) is 50.1. The number of nitrogens with zero attached hydrogens (tertiary/aromatic N) is 5. The van der Waals surface area contributed by atoms with Crippen LogP contribution in [0.3, 0.4) is 0 Å². The summed E-state index contributed by atoms with van der Waals surface area (Å²) in [6, 6.07) is 13.7. The van der Waals surface area contributed by atoms with Gasteiger partial charge >= 0.3 is 11.8 Å². The fraction of sp³-hybridized carbons (Fsp3) is 0.361. The summed E-state index contributed by atoms with van der Waals surface area (Å²) in [5.41, 5.74) is 2.32. The number of rotatable bonds is 9. The van der Waals surface area contributed by atoms with E-state index in [1.165, 1.54) is 17.2 Å². The van der Waals surface area contributed by atoms with E-state index in [1.54, 1.807) is 24.3 Å². The lowest BCUT2D eigenvalue weighted by Gasteiger charge is -2.40. The molecule has 0 radical (unpaired) electrons. The summed E-state index contributed by atoms with van der Waals surface area (Å²) in [6.07, 6.45) is 5.10. The van der Waals surface area contributed by atoms with Crippen molar-refractivity contribution in [3.8, 4) is 6.07 Å². The third-order valence-electron chi connectivity index (χ3n) is 9.10. The Morgan fingerprint density at radius 2 is 1.80 bits per heavy atom. The molecule has 2 aromatic carbocycles. The van der Waals surface area contributed by atoms with Crippen molar-refractivity contribution in [2.45, 2.75) is 57.3 Å². The molecule has 1 atom stereocenters. The first-order chi connectivity index (χ1) is 23.5. The number of amides is 3. The predicted molar refractivity (Wildman–Crippen MR) is 184 cm³/mol. The van der Waals surface area contributed by atoms with Crippen LogP contribution in [0.1, 0.15) is 43.7 Å². The number of halogens is 2. The van der Waals surface area contributed by atoms with Crippen LogP contribution in [-0.2, 0) is 20.9 Å². The highest BCUT2D eigenvalue weighted by molar-refractivity contribution is 6.40. The largest absolute Gasteiger partial charge is 0.367 e. The van der Waals surface area contributed by atoms with Crippen LogP contribution in [0.25, 0.3) is 0 Å². The maximum atomic E-state index is 14.0. The highest BCUT2D eigenvalue weighted by Gasteiger charge is 2.34. The molecule has 3 N–H and O–H groups in total. The van der Waals surface area contributed by atoms with Crippen molar-refractivity contribution in [1.29, 1.82) is 5.26 Å². The molecule has 49 heavy (non-hydrogen) atoms. The van der Waals surface area contributed by atoms with Crippen molar-refractivity contribution < 1.29 is 23.2 Å². The number of anilines is 4. The number of aromatic nitrogens is 1. The predicted octanol–water partition coefficient (Wildman–Crippen LogP) is 4.57. The Bertz CT molecular complexity index is 1720. The summed E-state index contributed by atoms with van der Waals surface area (Å²) in [7, 11) is 2.07. The summed E-state index contributed by atoms with van der Waals surface area (Å²) in [5, 5.41) is 17.9. The first kappa shape index (κ1) is 35.0. The van der Waals surface area contributed by atoms with E-state index in [-0.39, 0.29) is 30.2 Å². The van der Waals surface area contributed by atoms with Gasteiger partial charge in [-0.15, -0.1) is 0 Å². The van der Waals surface area contributed by atoms with Gasteiger partial charge < -0.3 is 30.7 Å². The molecule has 1 aromatic heterocycles. The number of carbonyl (C=O) groups is 3. The Balaban J connectivity index is 1.41. The van der Waals surface area contributed by atoms with Gasteiger partial charge in [0.25, 0.3) is 0 Å². The van der Waals surface area contributed by atoms with Crippen LogP contribution in [0.15, 0.2) is 67.4 Å². The van der Waals surface area contributed by atoms with Crippen LogP contribution in [0.4, 0.5) is 31.7 Å². The molecule has 11 nitrogen and oxygen atoms in total.